The highest BCUT2D eigenvalue weighted by atomic mass is 127. The maximum absolute atomic E-state index is 11.4. The smallest absolute Gasteiger partial charge is 0.167 e. The average molecular weight is 348 g/mol. The molecule has 1 rings (SSSR count). The standard InChI is InChI=1S/C12H13IO4/c1-4-5-17-9-6-8(16-3)10(7(2)14)12(15)11(9)13/h4,6,15H,1,5H2,2-3H3. The van der Waals surface area contributed by atoms with Gasteiger partial charge in [-0.2, -0.15) is 0 Å². The van der Waals surface area contributed by atoms with Crippen LogP contribution in [-0.2, 0) is 0 Å². The van der Waals surface area contributed by atoms with Gasteiger partial charge in [-0.1, -0.05) is 12.7 Å². The van der Waals surface area contributed by atoms with Crippen molar-refractivity contribution in [2.45, 2.75) is 6.92 Å². The monoisotopic (exact) mass is 348 g/mol. The zero-order chi connectivity index (χ0) is 13.0. The molecule has 0 aromatic heterocycles. The lowest BCUT2D eigenvalue weighted by Crippen LogP contribution is -2.03. The van der Waals surface area contributed by atoms with Crippen molar-refractivity contribution in [3.05, 3.63) is 27.9 Å². The highest BCUT2D eigenvalue weighted by Gasteiger charge is 2.20. The first-order chi connectivity index (χ1) is 8.02. The number of ketones is 1. The quantitative estimate of drug-likeness (QED) is 0.505. The van der Waals surface area contributed by atoms with Crippen LogP contribution in [0.3, 0.4) is 0 Å². The largest absolute Gasteiger partial charge is 0.506 e. The third-order valence-electron chi connectivity index (χ3n) is 2.10. The second-order valence-corrected chi connectivity index (χ2v) is 4.35. The van der Waals surface area contributed by atoms with Crippen LogP contribution in [0.5, 0.6) is 17.2 Å². The summed E-state index contributed by atoms with van der Waals surface area (Å²) in [6, 6.07) is 1.59. The summed E-state index contributed by atoms with van der Waals surface area (Å²) < 4.78 is 10.9. The molecular weight excluding hydrogens is 335 g/mol. The van der Waals surface area contributed by atoms with Gasteiger partial charge in [0.05, 0.1) is 10.7 Å². The van der Waals surface area contributed by atoms with Gasteiger partial charge in [0.2, 0.25) is 0 Å². The first-order valence-corrected chi connectivity index (χ1v) is 5.94. The molecule has 0 saturated carbocycles. The summed E-state index contributed by atoms with van der Waals surface area (Å²) in [5.74, 6) is 0.392. The van der Waals surface area contributed by atoms with E-state index in [2.05, 4.69) is 6.58 Å². The van der Waals surface area contributed by atoms with E-state index in [1.807, 2.05) is 22.6 Å². The lowest BCUT2D eigenvalue weighted by Gasteiger charge is -2.13. The number of carbonyl (C=O) groups excluding carboxylic acids is 1. The van der Waals surface area contributed by atoms with Crippen molar-refractivity contribution in [3.63, 3.8) is 0 Å². The van der Waals surface area contributed by atoms with E-state index in [-0.39, 0.29) is 17.1 Å². The fourth-order valence-electron chi connectivity index (χ4n) is 1.35. The predicted molar refractivity (Wildman–Crippen MR) is 73.1 cm³/mol. The van der Waals surface area contributed by atoms with Crippen LogP contribution in [0.2, 0.25) is 0 Å². The summed E-state index contributed by atoms with van der Waals surface area (Å²) in [7, 11) is 1.44. The van der Waals surface area contributed by atoms with Crippen molar-refractivity contribution in [1.82, 2.24) is 0 Å². The molecule has 0 atom stereocenters. The molecule has 5 heteroatoms. The van der Waals surface area contributed by atoms with Crippen molar-refractivity contribution in [3.8, 4) is 17.2 Å². The van der Waals surface area contributed by atoms with E-state index in [1.165, 1.54) is 14.0 Å². The summed E-state index contributed by atoms with van der Waals surface area (Å²) in [5, 5.41) is 9.95. The molecule has 1 aromatic carbocycles. The van der Waals surface area contributed by atoms with Gasteiger partial charge in [-0.15, -0.1) is 0 Å². The molecule has 1 N–H and O–H groups in total. The Morgan fingerprint density at radius 2 is 2.24 bits per heavy atom. The minimum Gasteiger partial charge on any atom is -0.506 e. The van der Waals surface area contributed by atoms with Gasteiger partial charge >= 0.3 is 0 Å². The zero-order valence-corrected chi connectivity index (χ0v) is 11.8. The van der Waals surface area contributed by atoms with Crippen LogP contribution < -0.4 is 9.47 Å². The van der Waals surface area contributed by atoms with Crippen LogP contribution in [0.25, 0.3) is 0 Å². The van der Waals surface area contributed by atoms with Crippen LogP contribution >= 0.6 is 22.6 Å². The number of rotatable bonds is 5. The number of hydrogen-bond acceptors (Lipinski definition) is 4. The molecule has 1 aromatic rings. The van der Waals surface area contributed by atoms with Gasteiger partial charge in [-0.05, 0) is 29.5 Å². The van der Waals surface area contributed by atoms with Gasteiger partial charge in [0.1, 0.15) is 29.4 Å². The van der Waals surface area contributed by atoms with E-state index < -0.39 is 0 Å². The number of carbonyl (C=O) groups is 1. The van der Waals surface area contributed by atoms with E-state index in [0.29, 0.717) is 21.7 Å². The number of phenolic OH excluding ortho intramolecular Hbond substituents is 1. The summed E-state index contributed by atoms with van der Waals surface area (Å²) in [4.78, 5) is 11.4. The number of methoxy groups -OCH3 is 1. The Morgan fingerprint density at radius 1 is 1.59 bits per heavy atom. The summed E-state index contributed by atoms with van der Waals surface area (Å²) >= 11 is 1.92. The molecule has 92 valence electrons. The third kappa shape index (κ3) is 2.91. The highest BCUT2D eigenvalue weighted by Crippen LogP contribution is 2.39. The summed E-state index contributed by atoms with van der Waals surface area (Å²) in [6.45, 7) is 5.23. The molecule has 0 aliphatic carbocycles. The maximum Gasteiger partial charge on any atom is 0.167 e. The normalized spacial score (nSPS) is 9.82. The Hall–Kier alpha value is -1.24. The topological polar surface area (TPSA) is 55.8 Å². The van der Waals surface area contributed by atoms with E-state index in [0.717, 1.165) is 0 Å². The van der Waals surface area contributed by atoms with E-state index in [9.17, 15) is 9.90 Å². The number of halogens is 1. The minimum atomic E-state index is -0.257. The van der Waals surface area contributed by atoms with E-state index in [4.69, 9.17) is 9.47 Å². The molecule has 0 fully saturated rings. The van der Waals surface area contributed by atoms with Gasteiger partial charge < -0.3 is 14.6 Å². The minimum absolute atomic E-state index is 0.114. The molecule has 0 amide bonds. The Bertz CT molecular complexity index is 454. The van der Waals surface area contributed by atoms with Crippen molar-refractivity contribution in [2.75, 3.05) is 13.7 Å². The Kier molecular flexibility index (Phi) is 4.80. The number of aromatic hydroxyl groups is 1. The van der Waals surface area contributed by atoms with Crippen molar-refractivity contribution in [2.24, 2.45) is 0 Å². The molecule has 0 aliphatic rings. The maximum atomic E-state index is 11.4. The molecule has 0 heterocycles. The SMILES string of the molecule is C=CCOc1cc(OC)c(C(C)=O)c(O)c1I. The number of Topliss-reactive ketones (excluding diaryl/α,β-unsaturated/α-hetero) is 1. The number of benzene rings is 1. The van der Waals surface area contributed by atoms with Crippen LogP contribution in [0.15, 0.2) is 18.7 Å². The molecule has 0 unspecified atom stereocenters. The average Bonchev–Trinajstić information content (AvgIpc) is 2.30. The van der Waals surface area contributed by atoms with Crippen LogP contribution in [0, 0.1) is 3.57 Å². The third-order valence-corrected chi connectivity index (χ3v) is 3.14. The molecule has 0 radical (unpaired) electrons. The van der Waals surface area contributed by atoms with Gasteiger partial charge in [0.15, 0.2) is 5.78 Å². The Balaban J connectivity index is 3.34. The zero-order valence-electron chi connectivity index (χ0n) is 9.62. The first kappa shape index (κ1) is 13.8. The lowest BCUT2D eigenvalue weighted by molar-refractivity contribution is 0.101. The Labute approximate surface area is 113 Å². The number of hydrogen-bond donors (Lipinski definition) is 1. The van der Waals surface area contributed by atoms with Crippen LogP contribution in [0.4, 0.5) is 0 Å². The molecule has 17 heavy (non-hydrogen) atoms. The van der Waals surface area contributed by atoms with Gasteiger partial charge in [-0.25, -0.2) is 0 Å². The highest BCUT2D eigenvalue weighted by molar-refractivity contribution is 14.1. The van der Waals surface area contributed by atoms with Crippen molar-refractivity contribution >= 4 is 28.4 Å². The van der Waals surface area contributed by atoms with Crippen LogP contribution in [0.1, 0.15) is 17.3 Å². The molecule has 4 nitrogen and oxygen atoms in total. The predicted octanol–water partition coefficient (Wildman–Crippen LogP) is 2.77. The first-order valence-electron chi connectivity index (χ1n) is 4.87. The van der Waals surface area contributed by atoms with E-state index in [1.54, 1.807) is 12.1 Å². The van der Waals surface area contributed by atoms with Crippen molar-refractivity contribution in [1.29, 1.82) is 0 Å². The summed E-state index contributed by atoms with van der Waals surface area (Å²) in [6.07, 6.45) is 1.60. The number of phenols is 1. The number of ether oxygens (including phenoxy) is 2. The lowest BCUT2D eigenvalue weighted by atomic mass is 10.1. The molecule has 0 bridgehead atoms. The molecule has 0 aliphatic heterocycles. The fourth-order valence-corrected chi connectivity index (χ4v) is 1.93. The molecule has 0 spiro atoms. The van der Waals surface area contributed by atoms with Gasteiger partial charge in [-0.3, -0.25) is 4.79 Å². The van der Waals surface area contributed by atoms with Crippen molar-refractivity contribution < 1.29 is 19.4 Å². The Morgan fingerprint density at radius 3 is 2.71 bits per heavy atom. The summed E-state index contributed by atoms with van der Waals surface area (Å²) in [5.41, 5.74) is 0.169. The van der Waals surface area contributed by atoms with E-state index >= 15 is 0 Å². The second kappa shape index (κ2) is 5.90. The molecular formula is C12H13IO4. The van der Waals surface area contributed by atoms with Gasteiger partial charge in [0, 0.05) is 6.07 Å². The fraction of sp³-hybridized carbons (Fsp3) is 0.250. The van der Waals surface area contributed by atoms with Crippen LogP contribution in [-0.4, -0.2) is 24.6 Å². The second-order valence-electron chi connectivity index (χ2n) is 3.27. The van der Waals surface area contributed by atoms with Gasteiger partial charge in [0.25, 0.3) is 0 Å². The molecule has 0 saturated heterocycles.